The third-order valence-corrected chi connectivity index (χ3v) is 5.05. The summed E-state index contributed by atoms with van der Waals surface area (Å²) in [5.74, 6) is -0.254. The Hall–Kier alpha value is -2.69. The van der Waals surface area contributed by atoms with Gasteiger partial charge in [-0.05, 0) is 68.5 Å². The molecule has 26 heavy (non-hydrogen) atoms. The van der Waals surface area contributed by atoms with Gasteiger partial charge < -0.3 is 5.32 Å². The van der Waals surface area contributed by atoms with E-state index in [2.05, 4.69) is 31.3 Å². The SMILES string of the molecule is Cc1ccc(-n2nc(-c3ccc(F)cc3F)c3c2NCCCC3)cc1C. The van der Waals surface area contributed by atoms with Gasteiger partial charge in [0.2, 0.25) is 0 Å². The van der Waals surface area contributed by atoms with Gasteiger partial charge in [0.25, 0.3) is 0 Å². The summed E-state index contributed by atoms with van der Waals surface area (Å²) in [4.78, 5) is 0. The normalized spacial score (nSPS) is 13.8. The molecule has 0 fully saturated rings. The Bertz CT molecular complexity index is 976. The topological polar surface area (TPSA) is 29.9 Å². The van der Waals surface area contributed by atoms with E-state index in [-0.39, 0.29) is 0 Å². The zero-order valence-electron chi connectivity index (χ0n) is 14.9. The van der Waals surface area contributed by atoms with Crippen LogP contribution in [0.15, 0.2) is 36.4 Å². The Morgan fingerprint density at radius 2 is 1.85 bits per heavy atom. The Morgan fingerprint density at radius 3 is 2.62 bits per heavy atom. The average Bonchev–Trinajstić information content (AvgIpc) is 2.79. The summed E-state index contributed by atoms with van der Waals surface area (Å²) in [5, 5.41) is 8.18. The number of halogens is 2. The first-order valence-electron chi connectivity index (χ1n) is 8.93. The fourth-order valence-corrected chi connectivity index (χ4v) is 3.44. The van der Waals surface area contributed by atoms with Crippen LogP contribution < -0.4 is 5.32 Å². The van der Waals surface area contributed by atoms with Crippen molar-refractivity contribution in [2.45, 2.75) is 33.1 Å². The van der Waals surface area contributed by atoms with Gasteiger partial charge in [-0.25, -0.2) is 13.5 Å². The van der Waals surface area contributed by atoms with Gasteiger partial charge in [-0.1, -0.05) is 6.07 Å². The zero-order chi connectivity index (χ0) is 18.3. The molecule has 4 rings (SSSR count). The van der Waals surface area contributed by atoms with Gasteiger partial charge in [0.05, 0.1) is 5.69 Å². The molecule has 3 nitrogen and oxygen atoms in total. The van der Waals surface area contributed by atoms with E-state index < -0.39 is 11.6 Å². The molecule has 1 N–H and O–H groups in total. The second-order valence-electron chi connectivity index (χ2n) is 6.86. The maximum atomic E-state index is 14.4. The van der Waals surface area contributed by atoms with E-state index in [4.69, 9.17) is 5.10 Å². The standard InChI is InChI=1S/C21H21F2N3/c1-13-6-8-16(11-14(13)2)26-21-18(5-3-4-10-24-21)20(25-26)17-9-7-15(22)12-19(17)23/h6-9,11-12,24H,3-5,10H2,1-2H3. The molecular weight excluding hydrogens is 332 g/mol. The lowest BCUT2D eigenvalue weighted by Crippen LogP contribution is -2.07. The summed E-state index contributed by atoms with van der Waals surface area (Å²) in [7, 11) is 0. The number of nitrogens with zero attached hydrogens (tertiary/aromatic N) is 2. The van der Waals surface area contributed by atoms with Crippen molar-refractivity contribution in [2.75, 3.05) is 11.9 Å². The van der Waals surface area contributed by atoms with Gasteiger partial charge in [0, 0.05) is 23.7 Å². The largest absolute Gasteiger partial charge is 0.370 e. The third kappa shape index (κ3) is 2.87. The number of rotatable bonds is 2. The molecule has 2 aromatic carbocycles. The van der Waals surface area contributed by atoms with Crippen molar-refractivity contribution in [3.63, 3.8) is 0 Å². The highest BCUT2D eigenvalue weighted by Crippen LogP contribution is 2.35. The van der Waals surface area contributed by atoms with Gasteiger partial charge in [0.1, 0.15) is 23.1 Å². The van der Waals surface area contributed by atoms with Crippen molar-refractivity contribution in [3.05, 3.63) is 64.7 Å². The highest BCUT2D eigenvalue weighted by atomic mass is 19.1. The summed E-state index contributed by atoms with van der Waals surface area (Å²) >= 11 is 0. The smallest absolute Gasteiger partial charge is 0.135 e. The summed E-state index contributed by atoms with van der Waals surface area (Å²) in [6.07, 6.45) is 2.88. The predicted octanol–water partition coefficient (Wildman–Crippen LogP) is 5.18. The van der Waals surface area contributed by atoms with Crippen molar-refractivity contribution in [1.29, 1.82) is 0 Å². The number of hydrogen-bond acceptors (Lipinski definition) is 2. The molecule has 0 aliphatic carbocycles. The van der Waals surface area contributed by atoms with Crippen LogP contribution in [0.2, 0.25) is 0 Å². The first-order valence-corrected chi connectivity index (χ1v) is 8.93. The molecule has 3 aromatic rings. The summed E-state index contributed by atoms with van der Waals surface area (Å²) in [6, 6.07) is 9.84. The van der Waals surface area contributed by atoms with Gasteiger partial charge in [-0.3, -0.25) is 0 Å². The molecule has 134 valence electrons. The number of hydrogen-bond donors (Lipinski definition) is 1. The van der Waals surface area contributed by atoms with Crippen molar-refractivity contribution in [3.8, 4) is 16.9 Å². The van der Waals surface area contributed by atoms with Gasteiger partial charge in [0.15, 0.2) is 0 Å². The Kier molecular flexibility index (Phi) is 4.23. The first-order chi connectivity index (χ1) is 12.5. The molecule has 0 radical (unpaired) electrons. The summed E-state index contributed by atoms with van der Waals surface area (Å²) in [6.45, 7) is 4.99. The number of benzene rings is 2. The molecule has 2 heterocycles. The molecule has 1 aromatic heterocycles. The summed E-state index contributed by atoms with van der Waals surface area (Å²) in [5.41, 5.74) is 5.25. The molecule has 5 heteroatoms. The Balaban J connectivity index is 1.93. The van der Waals surface area contributed by atoms with Crippen LogP contribution in [0.1, 0.15) is 29.5 Å². The van der Waals surface area contributed by atoms with E-state index >= 15 is 0 Å². The van der Waals surface area contributed by atoms with Crippen molar-refractivity contribution < 1.29 is 8.78 Å². The number of anilines is 1. The molecule has 0 unspecified atom stereocenters. The number of aryl methyl sites for hydroxylation is 2. The van der Waals surface area contributed by atoms with Crippen LogP contribution in [0.5, 0.6) is 0 Å². The summed E-state index contributed by atoms with van der Waals surface area (Å²) < 4.78 is 29.6. The number of aromatic nitrogens is 2. The zero-order valence-corrected chi connectivity index (χ0v) is 14.9. The highest BCUT2D eigenvalue weighted by Gasteiger charge is 2.23. The molecule has 0 amide bonds. The van der Waals surface area contributed by atoms with Crippen LogP contribution in [0.4, 0.5) is 14.6 Å². The molecule has 0 saturated heterocycles. The van der Waals surface area contributed by atoms with Crippen LogP contribution in [0.3, 0.4) is 0 Å². The van der Waals surface area contributed by atoms with Gasteiger partial charge >= 0.3 is 0 Å². The fourth-order valence-electron chi connectivity index (χ4n) is 3.44. The van der Waals surface area contributed by atoms with E-state index in [1.807, 2.05) is 10.7 Å². The van der Waals surface area contributed by atoms with Crippen molar-refractivity contribution in [2.24, 2.45) is 0 Å². The minimum atomic E-state index is -0.582. The van der Waals surface area contributed by atoms with Crippen LogP contribution in [0.25, 0.3) is 16.9 Å². The van der Waals surface area contributed by atoms with Gasteiger partial charge in [-0.15, -0.1) is 0 Å². The quantitative estimate of drug-likeness (QED) is 0.688. The molecule has 0 bridgehead atoms. The number of nitrogens with one attached hydrogen (secondary N) is 1. The lowest BCUT2D eigenvalue weighted by atomic mass is 10.0. The second-order valence-corrected chi connectivity index (χ2v) is 6.86. The molecule has 1 aliphatic rings. The van der Waals surface area contributed by atoms with Gasteiger partial charge in [-0.2, -0.15) is 5.10 Å². The molecular formula is C21H21F2N3. The third-order valence-electron chi connectivity index (χ3n) is 5.05. The second kappa shape index (κ2) is 6.56. The van der Waals surface area contributed by atoms with E-state index in [1.165, 1.54) is 23.3 Å². The number of fused-ring (bicyclic) bond motifs is 1. The maximum Gasteiger partial charge on any atom is 0.135 e. The predicted molar refractivity (Wildman–Crippen MR) is 99.8 cm³/mol. The van der Waals surface area contributed by atoms with Crippen molar-refractivity contribution >= 4 is 5.82 Å². The maximum absolute atomic E-state index is 14.4. The minimum absolute atomic E-state index is 0.342. The van der Waals surface area contributed by atoms with Crippen LogP contribution >= 0.6 is 0 Å². The van der Waals surface area contributed by atoms with E-state index in [0.717, 1.165) is 48.9 Å². The lowest BCUT2D eigenvalue weighted by molar-refractivity contribution is 0.585. The van der Waals surface area contributed by atoms with E-state index in [0.29, 0.717) is 11.3 Å². The van der Waals surface area contributed by atoms with Crippen molar-refractivity contribution in [1.82, 2.24) is 9.78 Å². The highest BCUT2D eigenvalue weighted by molar-refractivity contribution is 5.71. The molecule has 0 spiro atoms. The van der Waals surface area contributed by atoms with E-state index in [1.54, 1.807) is 0 Å². The minimum Gasteiger partial charge on any atom is -0.370 e. The Labute approximate surface area is 151 Å². The monoisotopic (exact) mass is 353 g/mol. The Morgan fingerprint density at radius 1 is 1.00 bits per heavy atom. The molecule has 0 atom stereocenters. The van der Waals surface area contributed by atoms with Crippen LogP contribution in [-0.2, 0) is 6.42 Å². The molecule has 1 aliphatic heterocycles. The fraction of sp³-hybridized carbons (Fsp3) is 0.286. The van der Waals surface area contributed by atoms with E-state index in [9.17, 15) is 8.78 Å². The van der Waals surface area contributed by atoms with Crippen LogP contribution in [0, 0.1) is 25.5 Å². The first kappa shape index (κ1) is 16.8. The van der Waals surface area contributed by atoms with Crippen LogP contribution in [-0.4, -0.2) is 16.3 Å². The lowest BCUT2D eigenvalue weighted by Gasteiger charge is -2.10. The molecule has 0 saturated carbocycles. The average molecular weight is 353 g/mol.